The lowest BCUT2D eigenvalue weighted by atomic mass is 9.58. The molecule has 1 aromatic heterocycles. The molecule has 0 radical (unpaired) electrons. The minimum atomic E-state index is -4.63. The highest BCUT2D eigenvalue weighted by Crippen LogP contribution is 2.60. The average Bonchev–Trinajstić information content (AvgIpc) is 3.25. The summed E-state index contributed by atoms with van der Waals surface area (Å²) in [7, 11) is 0. The van der Waals surface area contributed by atoms with Gasteiger partial charge in [0, 0.05) is 62.0 Å². The topological polar surface area (TPSA) is 84.6 Å². The largest absolute Gasteiger partial charge is 0.417 e. The summed E-state index contributed by atoms with van der Waals surface area (Å²) in [6.45, 7) is 2.22. The molecule has 1 N–H and O–H groups in total. The molecule has 2 atom stereocenters. The van der Waals surface area contributed by atoms with E-state index >= 15 is 0 Å². The van der Waals surface area contributed by atoms with Crippen LogP contribution < -0.4 is 0 Å². The van der Waals surface area contributed by atoms with Crippen LogP contribution in [-0.2, 0) is 32.4 Å². The molecular weight excluding hydrogens is 521 g/mol. The summed E-state index contributed by atoms with van der Waals surface area (Å²) in [5, 5.41) is 21.3. The number of nitrogens with zero attached hydrogens (tertiary/aromatic N) is 2. The Balaban J connectivity index is 1.46. The summed E-state index contributed by atoms with van der Waals surface area (Å²) >= 11 is 0. The van der Waals surface area contributed by atoms with Gasteiger partial charge in [0.25, 0.3) is 0 Å². The van der Waals surface area contributed by atoms with Crippen LogP contribution in [0, 0.1) is 16.7 Å². The molecule has 2 saturated heterocycles. The van der Waals surface area contributed by atoms with Crippen molar-refractivity contribution in [3.05, 3.63) is 63.0 Å². The highest BCUT2D eigenvalue weighted by Gasteiger charge is 2.54. The van der Waals surface area contributed by atoms with Crippen molar-refractivity contribution in [2.24, 2.45) is 5.41 Å². The first-order chi connectivity index (χ1) is 19.2. The van der Waals surface area contributed by atoms with Crippen molar-refractivity contribution in [2.75, 3.05) is 26.4 Å². The van der Waals surface area contributed by atoms with Crippen molar-refractivity contribution >= 4 is 0 Å². The molecular formula is C31H33F3N2O4. The highest BCUT2D eigenvalue weighted by molar-refractivity contribution is 5.56. The molecule has 3 aliphatic heterocycles. The molecule has 0 bridgehead atoms. The number of aliphatic hydroxyl groups is 1. The van der Waals surface area contributed by atoms with Crippen LogP contribution in [-0.4, -0.2) is 36.5 Å². The molecule has 9 heteroatoms. The molecule has 1 unspecified atom stereocenters. The van der Waals surface area contributed by atoms with Crippen LogP contribution in [0.15, 0.2) is 18.2 Å². The van der Waals surface area contributed by atoms with Crippen molar-refractivity contribution < 1.29 is 32.5 Å². The number of hydrogen-bond acceptors (Lipinski definition) is 6. The predicted octanol–water partition coefficient (Wildman–Crippen LogP) is 6.14. The zero-order valence-corrected chi connectivity index (χ0v) is 22.4. The van der Waals surface area contributed by atoms with Crippen LogP contribution in [0.5, 0.6) is 0 Å². The Hall–Kier alpha value is -2.51. The maximum atomic E-state index is 13.7. The molecule has 3 fully saturated rings. The van der Waals surface area contributed by atoms with Gasteiger partial charge >= 0.3 is 6.18 Å². The molecule has 2 aliphatic carbocycles. The second-order valence-corrected chi connectivity index (χ2v) is 12.3. The van der Waals surface area contributed by atoms with E-state index in [4.69, 9.17) is 19.2 Å². The minimum absolute atomic E-state index is 0.0947. The van der Waals surface area contributed by atoms with E-state index in [0.717, 1.165) is 66.2 Å². The predicted molar refractivity (Wildman–Crippen MR) is 137 cm³/mol. The van der Waals surface area contributed by atoms with Crippen LogP contribution in [0.3, 0.4) is 0 Å². The quantitative estimate of drug-likeness (QED) is 0.480. The summed E-state index contributed by atoms with van der Waals surface area (Å²) < 4.78 is 59.3. The van der Waals surface area contributed by atoms with Crippen LogP contribution in [0.25, 0.3) is 0 Å². The SMILES string of the molecule is N#Cc1cc([C@H]2OC3(CCOCC3)c3c4c(nc(C5CCOCC5)c32)CC2(CCC2)CC4O)ccc1C(F)(F)F. The summed E-state index contributed by atoms with van der Waals surface area (Å²) in [5.74, 6) is 0.121. The van der Waals surface area contributed by atoms with Crippen LogP contribution in [0.4, 0.5) is 13.2 Å². The summed E-state index contributed by atoms with van der Waals surface area (Å²) in [5.41, 5.74) is 3.09. The monoisotopic (exact) mass is 554 g/mol. The lowest BCUT2D eigenvalue weighted by Crippen LogP contribution is -2.41. The lowest BCUT2D eigenvalue weighted by molar-refractivity contribution is -0.138. The van der Waals surface area contributed by atoms with Crippen LogP contribution in [0.1, 0.15) is 114 Å². The third-order valence-corrected chi connectivity index (χ3v) is 10.0. The van der Waals surface area contributed by atoms with Gasteiger partial charge in [-0.15, -0.1) is 0 Å². The first-order valence-corrected chi connectivity index (χ1v) is 14.4. The van der Waals surface area contributed by atoms with E-state index in [2.05, 4.69) is 0 Å². The second kappa shape index (κ2) is 9.52. The number of ether oxygens (including phenoxy) is 3. The van der Waals surface area contributed by atoms with E-state index in [1.54, 1.807) is 6.07 Å². The van der Waals surface area contributed by atoms with E-state index in [1.807, 2.05) is 0 Å². The maximum Gasteiger partial charge on any atom is 0.417 e. The van der Waals surface area contributed by atoms with Gasteiger partial charge in [-0.05, 0) is 67.2 Å². The molecule has 40 heavy (non-hydrogen) atoms. The lowest BCUT2D eigenvalue weighted by Gasteiger charge is -2.48. The van der Waals surface area contributed by atoms with Crippen molar-refractivity contribution in [2.45, 2.75) is 87.7 Å². The zero-order valence-electron chi connectivity index (χ0n) is 22.4. The van der Waals surface area contributed by atoms with Crippen molar-refractivity contribution in [3.8, 4) is 6.07 Å². The number of rotatable bonds is 2. The number of hydrogen-bond donors (Lipinski definition) is 1. The number of aliphatic hydroxyl groups excluding tert-OH is 1. The smallest absolute Gasteiger partial charge is 0.388 e. The first kappa shape index (κ1) is 26.4. The second-order valence-electron chi connectivity index (χ2n) is 12.3. The molecule has 7 rings (SSSR count). The van der Waals surface area contributed by atoms with Gasteiger partial charge in [-0.25, -0.2) is 0 Å². The number of halogens is 3. The van der Waals surface area contributed by atoms with Crippen molar-refractivity contribution in [1.82, 2.24) is 4.98 Å². The van der Waals surface area contributed by atoms with Gasteiger partial charge < -0.3 is 19.3 Å². The number of fused-ring (bicyclic) bond motifs is 4. The summed E-state index contributed by atoms with van der Waals surface area (Å²) in [4.78, 5) is 5.32. The van der Waals surface area contributed by atoms with Gasteiger partial charge in [0.15, 0.2) is 0 Å². The summed E-state index contributed by atoms with van der Waals surface area (Å²) in [6, 6.07) is 5.49. The van der Waals surface area contributed by atoms with Gasteiger partial charge in [-0.2, -0.15) is 18.4 Å². The molecule has 0 amide bonds. The van der Waals surface area contributed by atoms with Gasteiger partial charge in [0.2, 0.25) is 0 Å². The van der Waals surface area contributed by atoms with Crippen LogP contribution >= 0.6 is 0 Å². The van der Waals surface area contributed by atoms with E-state index in [1.165, 1.54) is 18.6 Å². The molecule has 212 valence electrons. The Morgan fingerprint density at radius 1 is 1.00 bits per heavy atom. The normalized spacial score (nSPS) is 27.2. The molecule has 4 heterocycles. The van der Waals surface area contributed by atoms with Gasteiger partial charge in [-0.1, -0.05) is 12.5 Å². The number of alkyl halides is 3. The standard InChI is InChI=1S/C31H33F3N2O4/c32-31(33,34)21-3-2-19(14-20(21)17-35)28-25-26(30(40-28)8-12-39-13-9-30)24-22(15-29(6-1-7-29)16-23(24)37)36-27(25)18-4-10-38-11-5-18/h2-3,14,18,23,28,37H,1,4-13,15-16H2/t23?,28-/m1/s1. The molecule has 2 aromatic rings. The first-order valence-electron chi connectivity index (χ1n) is 14.4. The fraction of sp³-hybridized carbons (Fsp3) is 0.613. The highest BCUT2D eigenvalue weighted by atomic mass is 19.4. The number of nitriles is 1. The number of pyridine rings is 1. The summed E-state index contributed by atoms with van der Waals surface area (Å²) in [6.07, 6.45) is 1.66. The van der Waals surface area contributed by atoms with Gasteiger partial charge in [0.1, 0.15) is 6.10 Å². The number of benzene rings is 1. The fourth-order valence-electron chi connectivity index (χ4n) is 7.92. The Labute approximate surface area is 231 Å². The Bertz CT molecular complexity index is 1370. The van der Waals surface area contributed by atoms with E-state index in [9.17, 15) is 23.5 Å². The Morgan fingerprint density at radius 2 is 1.73 bits per heavy atom. The fourth-order valence-corrected chi connectivity index (χ4v) is 7.92. The van der Waals surface area contributed by atoms with Crippen molar-refractivity contribution in [3.63, 3.8) is 0 Å². The molecule has 1 saturated carbocycles. The molecule has 6 nitrogen and oxygen atoms in total. The average molecular weight is 555 g/mol. The molecule has 2 spiro atoms. The maximum absolute atomic E-state index is 13.7. The van der Waals surface area contributed by atoms with Gasteiger partial charge in [-0.3, -0.25) is 4.98 Å². The minimum Gasteiger partial charge on any atom is -0.388 e. The Kier molecular flexibility index (Phi) is 6.28. The Morgan fingerprint density at radius 3 is 2.38 bits per heavy atom. The number of aromatic nitrogens is 1. The zero-order chi connectivity index (χ0) is 27.7. The van der Waals surface area contributed by atoms with Gasteiger partial charge in [0.05, 0.1) is 34.6 Å². The van der Waals surface area contributed by atoms with E-state index in [-0.39, 0.29) is 11.3 Å². The van der Waals surface area contributed by atoms with E-state index in [0.29, 0.717) is 51.3 Å². The molecule has 5 aliphatic rings. The van der Waals surface area contributed by atoms with Crippen LogP contribution in [0.2, 0.25) is 0 Å². The van der Waals surface area contributed by atoms with E-state index < -0.39 is 35.1 Å². The third-order valence-electron chi connectivity index (χ3n) is 10.0. The third kappa shape index (κ3) is 4.10. The molecule has 1 aromatic carbocycles. The van der Waals surface area contributed by atoms with Crippen molar-refractivity contribution in [1.29, 1.82) is 5.26 Å².